The number of halogens is 4. The van der Waals surface area contributed by atoms with Crippen molar-refractivity contribution in [2.75, 3.05) is 6.54 Å². The summed E-state index contributed by atoms with van der Waals surface area (Å²) in [5.41, 5.74) is -0.779. The third-order valence-electron chi connectivity index (χ3n) is 4.37. The van der Waals surface area contributed by atoms with Gasteiger partial charge in [-0.1, -0.05) is 44.2 Å². The molecule has 0 aliphatic carbocycles. The minimum Gasteiger partial charge on any atom is -0.354 e. The van der Waals surface area contributed by atoms with Crippen LogP contribution in [0.15, 0.2) is 53.4 Å². The van der Waals surface area contributed by atoms with Crippen LogP contribution in [0.5, 0.6) is 0 Å². The summed E-state index contributed by atoms with van der Waals surface area (Å²) in [5, 5.41) is 2.45. The van der Waals surface area contributed by atoms with Gasteiger partial charge in [-0.2, -0.15) is 17.9 Å². The molecule has 0 bridgehead atoms. The van der Waals surface area contributed by atoms with Crippen LogP contribution in [0.4, 0.5) is 17.6 Å². The van der Waals surface area contributed by atoms with Gasteiger partial charge in [0.2, 0.25) is 15.9 Å². The summed E-state index contributed by atoms with van der Waals surface area (Å²) >= 11 is 0. The minimum atomic E-state index is -4.52. The lowest BCUT2D eigenvalue weighted by molar-refractivity contribution is -0.138. The fourth-order valence-corrected chi connectivity index (χ4v) is 4.25. The SMILES string of the molecule is CC(C)[C@H](NS(=O)(=O)c1ccccc1F)C(=O)NCCc1ccccc1C(F)(F)F. The molecular weight excluding hydrogens is 424 g/mol. The number of benzene rings is 2. The molecule has 5 nitrogen and oxygen atoms in total. The van der Waals surface area contributed by atoms with Crippen molar-refractivity contribution in [2.45, 2.75) is 37.4 Å². The minimum absolute atomic E-state index is 0.0123. The van der Waals surface area contributed by atoms with Gasteiger partial charge < -0.3 is 5.32 Å². The fourth-order valence-electron chi connectivity index (χ4n) is 2.83. The smallest absolute Gasteiger partial charge is 0.354 e. The van der Waals surface area contributed by atoms with Crippen LogP contribution < -0.4 is 10.0 Å². The van der Waals surface area contributed by atoms with Crippen LogP contribution in [0, 0.1) is 11.7 Å². The molecule has 2 aromatic carbocycles. The Kier molecular flexibility index (Phi) is 7.59. The molecule has 0 unspecified atom stereocenters. The van der Waals surface area contributed by atoms with E-state index < -0.39 is 50.3 Å². The lowest BCUT2D eigenvalue weighted by Crippen LogP contribution is -2.50. The van der Waals surface area contributed by atoms with E-state index in [1.54, 1.807) is 13.8 Å². The van der Waals surface area contributed by atoms with Crippen molar-refractivity contribution in [2.24, 2.45) is 5.92 Å². The molecule has 2 rings (SSSR count). The van der Waals surface area contributed by atoms with Gasteiger partial charge in [0, 0.05) is 6.54 Å². The Morgan fingerprint density at radius 1 is 1.03 bits per heavy atom. The monoisotopic (exact) mass is 446 g/mol. The van der Waals surface area contributed by atoms with E-state index in [0.717, 1.165) is 18.2 Å². The number of sulfonamides is 1. The average molecular weight is 446 g/mol. The molecule has 30 heavy (non-hydrogen) atoms. The molecule has 10 heteroatoms. The van der Waals surface area contributed by atoms with Gasteiger partial charge in [0.05, 0.1) is 5.56 Å². The van der Waals surface area contributed by atoms with E-state index in [1.165, 1.54) is 30.3 Å². The summed E-state index contributed by atoms with van der Waals surface area (Å²) in [6, 6.07) is 8.51. The molecule has 1 atom stereocenters. The molecule has 0 saturated heterocycles. The first kappa shape index (κ1) is 23.8. The molecule has 0 saturated carbocycles. The quantitative estimate of drug-likeness (QED) is 0.610. The Hall–Kier alpha value is -2.46. The molecular formula is C20H22F4N2O3S. The number of carbonyl (C=O) groups is 1. The number of alkyl halides is 3. The van der Waals surface area contributed by atoms with Crippen molar-refractivity contribution in [3.63, 3.8) is 0 Å². The molecule has 0 aliphatic rings. The standard InChI is InChI=1S/C20H22F4N2O3S/c1-13(2)18(26-30(28,29)17-10-6-5-9-16(17)21)19(27)25-12-11-14-7-3-4-8-15(14)20(22,23)24/h3-10,13,18,26H,11-12H2,1-2H3,(H,25,27)/t18-/m0/s1. The van der Waals surface area contributed by atoms with Crippen LogP contribution in [0.3, 0.4) is 0 Å². The van der Waals surface area contributed by atoms with E-state index in [1.807, 2.05) is 0 Å². The highest BCUT2D eigenvalue weighted by Gasteiger charge is 2.33. The maximum absolute atomic E-state index is 13.9. The lowest BCUT2D eigenvalue weighted by atomic mass is 10.0. The summed E-state index contributed by atoms with van der Waals surface area (Å²) in [4.78, 5) is 11.9. The van der Waals surface area contributed by atoms with Crippen molar-refractivity contribution in [3.8, 4) is 0 Å². The highest BCUT2D eigenvalue weighted by atomic mass is 32.2. The van der Waals surface area contributed by atoms with Crippen LogP contribution in [0.25, 0.3) is 0 Å². The molecule has 0 spiro atoms. The number of carbonyl (C=O) groups excluding carboxylic acids is 1. The van der Waals surface area contributed by atoms with Crippen LogP contribution in [0.1, 0.15) is 25.0 Å². The van der Waals surface area contributed by atoms with Gasteiger partial charge in [-0.25, -0.2) is 12.8 Å². The Balaban J connectivity index is 2.08. The van der Waals surface area contributed by atoms with Crippen molar-refractivity contribution in [3.05, 3.63) is 65.5 Å². The molecule has 0 radical (unpaired) electrons. The second-order valence-corrected chi connectivity index (χ2v) is 8.65. The van der Waals surface area contributed by atoms with E-state index >= 15 is 0 Å². The second kappa shape index (κ2) is 9.57. The van der Waals surface area contributed by atoms with Crippen molar-refractivity contribution >= 4 is 15.9 Å². The van der Waals surface area contributed by atoms with Crippen LogP contribution in [-0.2, 0) is 27.4 Å². The van der Waals surface area contributed by atoms with E-state index in [9.17, 15) is 30.8 Å². The summed E-state index contributed by atoms with van der Waals surface area (Å²) in [6.45, 7) is 3.05. The Morgan fingerprint density at radius 2 is 1.63 bits per heavy atom. The average Bonchev–Trinajstić information content (AvgIpc) is 2.65. The number of hydrogen-bond donors (Lipinski definition) is 2. The number of nitrogens with one attached hydrogen (secondary N) is 2. The Bertz CT molecular complexity index is 992. The topological polar surface area (TPSA) is 75.3 Å². The van der Waals surface area contributed by atoms with Gasteiger partial charge in [0.25, 0.3) is 0 Å². The molecule has 0 heterocycles. The lowest BCUT2D eigenvalue weighted by Gasteiger charge is -2.22. The zero-order valence-electron chi connectivity index (χ0n) is 16.3. The predicted molar refractivity (Wildman–Crippen MR) is 104 cm³/mol. The van der Waals surface area contributed by atoms with Gasteiger partial charge in [0.1, 0.15) is 16.8 Å². The highest BCUT2D eigenvalue weighted by Crippen LogP contribution is 2.31. The zero-order chi connectivity index (χ0) is 22.5. The third-order valence-corrected chi connectivity index (χ3v) is 5.85. The zero-order valence-corrected chi connectivity index (χ0v) is 17.1. The normalized spacial score (nSPS) is 13.3. The van der Waals surface area contributed by atoms with E-state index in [4.69, 9.17) is 0 Å². The summed E-state index contributed by atoms with van der Waals surface area (Å²) in [6.07, 6.45) is -4.61. The van der Waals surface area contributed by atoms with Crippen LogP contribution in [-0.4, -0.2) is 26.9 Å². The third kappa shape index (κ3) is 6.02. The van der Waals surface area contributed by atoms with Crippen LogP contribution in [0.2, 0.25) is 0 Å². The van der Waals surface area contributed by atoms with E-state index in [2.05, 4.69) is 10.0 Å². The van der Waals surface area contributed by atoms with Gasteiger partial charge in [-0.15, -0.1) is 0 Å². The van der Waals surface area contributed by atoms with Gasteiger partial charge in [-0.05, 0) is 36.1 Å². The summed E-state index contributed by atoms with van der Waals surface area (Å²) in [5.74, 6) is -2.17. The van der Waals surface area contributed by atoms with Gasteiger partial charge >= 0.3 is 6.18 Å². The van der Waals surface area contributed by atoms with E-state index in [0.29, 0.717) is 0 Å². The highest BCUT2D eigenvalue weighted by molar-refractivity contribution is 7.89. The van der Waals surface area contributed by atoms with Crippen molar-refractivity contribution in [1.82, 2.24) is 10.0 Å². The summed E-state index contributed by atoms with van der Waals surface area (Å²) in [7, 11) is -4.32. The Labute approximate surface area is 172 Å². The largest absolute Gasteiger partial charge is 0.416 e. The molecule has 0 fully saturated rings. The second-order valence-electron chi connectivity index (χ2n) is 6.97. The van der Waals surface area contributed by atoms with E-state index in [-0.39, 0.29) is 18.5 Å². The first-order chi connectivity index (χ1) is 13.9. The molecule has 164 valence electrons. The molecule has 1 amide bonds. The summed E-state index contributed by atoms with van der Waals surface area (Å²) < 4.78 is 80.1. The van der Waals surface area contributed by atoms with Crippen molar-refractivity contribution in [1.29, 1.82) is 0 Å². The van der Waals surface area contributed by atoms with Crippen LogP contribution >= 0.6 is 0 Å². The number of amides is 1. The van der Waals surface area contributed by atoms with Crippen molar-refractivity contribution < 1.29 is 30.8 Å². The first-order valence-electron chi connectivity index (χ1n) is 9.13. The van der Waals surface area contributed by atoms with Gasteiger partial charge in [-0.3, -0.25) is 4.79 Å². The molecule has 0 aliphatic heterocycles. The number of rotatable bonds is 8. The molecule has 2 aromatic rings. The molecule has 0 aromatic heterocycles. The maximum Gasteiger partial charge on any atom is 0.416 e. The number of hydrogen-bond acceptors (Lipinski definition) is 3. The fraction of sp³-hybridized carbons (Fsp3) is 0.350. The predicted octanol–water partition coefficient (Wildman–Crippen LogP) is 3.51. The Morgan fingerprint density at radius 3 is 2.23 bits per heavy atom. The van der Waals surface area contributed by atoms with Gasteiger partial charge in [0.15, 0.2) is 0 Å². The maximum atomic E-state index is 13.9. The molecule has 2 N–H and O–H groups in total. The first-order valence-corrected chi connectivity index (χ1v) is 10.6.